The minimum Gasteiger partial charge on any atom is -0.444 e. The topological polar surface area (TPSA) is 117 Å². The lowest BCUT2D eigenvalue weighted by molar-refractivity contribution is -0.183. The van der Waals surface area contributed by atoms with Crippen LogP contribution in [0.2, 0.25) is 5.15 Å². The first-order valence-corrected chi connectivity index (χ1v) is 19.3. The number of aromatic nitrogens is 3. The number of halogens is 1. The summed E-state index contributed by atoms with van der Waals surface area (Å²) in [5, 5.41) is 13.8. The highest BCUT2D eigenvalue weighted by molar-refractivity contribution is 6.33. The maximum Gasteiger partial charge on any atom is 0.413 e. The molecule has 1 N–H and O–H groups in total. The van der Waals surface area contributed by atoms with E-state index in [2.05, 4.69) is 9.97 Å². The van der Waals surface area contributed by atoms with Crippen LogP contribution in [0.15, 0.2) is 134 Å². The van der Waals surface area contributed by atoms with Crippen LogP contribution in [0.4, 0.5) is 4.79 Å². The lowest BCUT2D eigenvalue weighted by Crippen LogP contribution is -2.55. The molecule has 0 spiro atoms. The van der Waals surface area contributed by atoms with Crippen LogP contribution in [0.5, 0.6) is 0 Å². The molecule has 0 unspecified atom stereocenters. The van der Waals surface area contributed by atoms with E-state index in [0.717, 1.165) is 22.3 Å². The Balaban J connectivity index is 1.36. The van der Waals surface area contributed by atoms with E-state index in [4.69, 9.17) is 35.3 Å². The Bertz CT molecular complexity index is 2200. The summed E-state index contributed by atoms with van der Waals surface area (Å²) in [6, 6.07) is 37.9. The van der Waals surface area contributed by atoms with Gasteiger partial charge in [-0.2, -0.15) is 0 Å². The van der Waals surface area contributed by atoms with Gasteiger partial charge in [0.2, 0.25) is 5.72 Å². The largest absolute Gasteiger partial charge is 0.444 e. The number of hydrogen-bond acceptors (Lipinski definition) is 9. The molecular weight excluding hydrogens is 744 g/mol. The Labute approximate surface area is 337 Å². The van der Waals surface area contributed by atoms with Crippen molar-refractivity contribution in [3.63, 3.8) is 0 Å². The summed E-state index contributed by atoms with van der Waals surface area (Å²) < 4.78 is 33.9. The number of amides is 1. The van der Waals surface area contributed by atoms with E-state index in [-0.39, 0.29) is 43.9 Å². The third-order valence-electron chi connectivity index (χ3n) is 9.66. The van der Waals surface area contributed by atoms with Gasteiger partial charge in [0.15, 0.2) is 5.15 Å². The number of rotatable bonds is 15. The summed E-state index contributed by atoms with van der Waals surface area (Å²) in [6.07, 6.45) is 0.0835. The maximum atomic E-state index is 14.8. The number of likely N-dealkylation sites (tertiary alicyclic amines) is 1. The van der Waals surface area contributed by atoms with Crippen molar-refractivity contribution < 1.29 is 33.6 Å². The van der Waals surface area contributed by atoms with Crippen molar-refractivity contribution >= 4 is 28.7 Å². The first-order valence-electron chi connectivity index (χ1n) is 18.9. The fourth-order valence-corrected chi connectivity index (χ4v) is 7.35. The molecule has 1 aliphatic rings. The minimum absolute atomic E-state index is 0.0321. The molecule has 4 atom stereocenters. The van der Waals surface area contributed by atoms with Crippen molar-refractivity contribution in [2.24, 2.45) is 0 Å². The standard InChI is InChI=1S/C45H47ClN4O7/c1-44(2,3)57-43(51)50-37(29-53-25-32-16-8-4-9-17-32)40(55-27-34-20-12-6-13-21-34)41(56-28-35-22-14-7-15-23-35)45(50,52)36-24-49(39-38(36)47-30-48-42(39)46)31-54-26-33-18-10-5-11-19-33/h4-24,30,37,40-41,52H,25-29,31H2,1-3H3/t37-,40-,41-,45-/m1/s1. The number of nitrogens with zero attached hydrogens (tertiary/aromatic N) is 4. The first-order chi connectivity index (χ1) is 27.6. The molecule has 57 heavy (non-hydrogen) atoms. The summed E-state index contributed by atoms with van der Waals surface area (Å²) in [5.74, 6) is 0. The Morgan fingerprint density at radius 1 is 0.737 bits per heavy atom. The van der Waals surface area contributed by atoms with Crippen LogP contribution in [-0.4, -0.2) is 61.1 Å². The Morgan fingerprint density at radius 3 is 1.79 bits per heavy atom. The predicted molar refractivity (Wildman–Crippen MR) is 216 cm³/mol. The molecule has 11 nitrogen and oxygen atoms in total. The van der Waals surface area contributed by atoms with Crippen molar-refractivity contribution in [3.8, 4) is 0 Å². The number of fused-ring (bicyclic) bond motifs is 1. The van der Waals surface area contributed by atoms with E-state index >= 15 is 0 Å². The van der Waals surface area contributed by atoms with Gasteiger partial charge >= 0.3 is 6.09 Å². The number of aliphatic hydroxyl groups is 1. The number of hydrogen-bond donors (Lipinski definition) is 1. The van der Waals surface area contributed by atoms with Crippen molar-refractivity contribution in [2.45, 2.75) is 83.5 Å². The van der Waals surface area contributed by atoms with Gasteiger partial charge in [-0.3, -0.25) is 4.90 Å². The maximum absolute atomic E-state index is 14.8. The quantitative estimate of drug-likeness (QED) is 0.102. The van der Waals surface area contributed by atoms with Crippen LogP contribution in [-0.2, 0) is 62.6 Å². The third kappa shape index (κ3) is 9.37. The van der Waals surface area contributed by atoms with Gasteiger partial charge in [-0.1, -0.05) is 133 Å². The third-order valence-corrected chi connectivity index (χ3v) is 9.94. The Hall–Kier alpha value is -5.14. The number of carbonyl (C=O) groups is 1. The molecule has 7 rings (SSSR count). The van der Waals surface area contributed by atoms with Crippen molar-refractivity contribution in [1.82, 2.24) is 19.4 Å². The van der Waals surface area contributed by atoms with Crippen molar-refractivity contribution in [2.75, 3.05) is 6.61 Å². The molecule has 1 fully saturated rings. The van der Waals surface area contributed by atoms with E-state index in [0.29, 0.717) is 17.6 Å². The molecule has 1 amide bonds. The summed E-state index contributed by atoms with van der Waals surface area (Å²) in [6.45, 7) is 6.14. The molecule has 296 valence electrons. The molecule has 6 aromatic rings. The SMILES string of the molecule is CC(C)(C)OC(=O)N1[C@H](COCc2ccccc2)[C@@H](OCc2ccccc2)[C@@H](OCc2ccccc2)[C@]1(O)c1cn(COCc2ccccc2)c2c(Cl)ncnc12. The van der Waals surface area contributed by atoms with Crippen LogP contribution in [0.3, 0.4) is 0 Å². The second-order valence-corrected chi connectivity index (χ2v) is 15.3. The van der Waals surface area contributed by atoms with Crippen LogP contribution in [0.25, 0.3) is 11.0 Å². The minimum atomic E-state index is -2.25. The smallest absolute Gasteiger partial charge is 0.413 e. The molecule has 3 heterocycles. The van der Waals surface area contributed by atoms with E-state index in [1.165, 1.54) is 11.2 Å². The van der Waals surface area contributed by atoms with Crippen molar-refractivity contribution in [3.05, 3.63) is 167 Å². The highest BCUT2D eigenvalue weighted by Gasteiger charge is 2.65. The molecule has 0 saturated carbocycles. The summed E-state index contributed by atoms with van der Waals surface area (Å²) in [5.41, 5.74) is 1.44. The van der Waals surface area contributed by atoms with Gasteiger partial charge in [-0.15, -0.1) is 0 Å². The van der Waals surface area contributed by atoms with Gasteiger partial charge in [0.25, 0.3) is 0 Å². The van der Waals surface area contributed by atoms with Gasteiger partial charge < -0.3 is 33.4 Å². The Morgan fingerprint density at radius 2 is 1.25 bits per heavy atom. The average molecular weight is 791 g/mol. The van der Waals surface area contributed by atoms with Crippen LogP contribution in [0, 0.1) is 0 Å². The van der Waals surface area contributed by atoms with Gasteiger partial charge in [0.05, 0.1) is 44.6 Å². The van der Waals surface area contributed by atoms with Crippen LogP contribution < -0.4 is 0 Å². The van der Waals surface area contributed by atoms with Gasteiger partial charge in [0.1, 0.15) is 41.9 Å². The second-order valence-electron chi connectivity index (χ2n) is 15.0. The second kappa shape index (κ2) is 18.0. The highest BCUT2D eigenvalue weighted by atomic mass is 35.5. The van der Waals surface area contributed by atoms with E-state index in [1.54, 1.807) is 31.5 Å². The lowest BCUT2D eigenvalue weighted by atomic mass is 9.97. The molecule has 0 bridgehead atoms. The molecule has 1 saturated heterocycles. The van der Waals surface area contributed by atoms with E-state index < -0.39 is 35.7 Å². The van der Waals surface area contributed by atoms with Gasteiger partial charge in [-0.25, -0.2) is 14.8 Å². The zero-order chi connectivity index (χ0) is 39.8. The normalized spacial score (nSPS) is 19.6. The molecule has 0 radical (unpaired) electrons. The van der Waals surface area contributed by atoms with Crippen molar-refractivity contribution in [1.29, 1.82) is 0 Å². The number of benzene rings is 4. The zero-order valence-electron chi connectivity index (χ0n) is 32.2. The van der Waals surface area contributed by atoms with E-state index in [9.17, 15) is 9.90 Å². The summed E-state index contributed by atoms with van der Waals surface area (Å²) in [7, 11) is 0. The summed E-state index contributed by atoms with van der Waals surface area (Å²) >= 11 is 6.80. The van der Waals surface area contributed by atoms with Gasteiger partial charge in [-0.05, 0) is 43.0 Å². The highest BCUT2D eigenvalue weighted by Crippen LogP contribution is 2.48. The number of ether oxygens (including phenoxy) is 5. The number of carbonyl (C=O) groups excluding carboxylic acids is 1. The van der Waals surface area contributed by atoms with Crippen LogP contribution >= 0.6 is 11.6 Å². The zero-order valence-corrected chi connectivity index (χ0v) is 33.0. The lowest BCUT2D eigenvalue weighted by Gasteiger charge is -2.39. The Kier molecular flexibility index (Phi) is 12.6. The van der Waals surface area contributed by atoms with Crippen LogP contribution in [0.1, 0.15) is 48.6 Å². The first kappa shape index (κ1) is 40.1. The molecule has 2 aromatic heterocycles. The molecular formula is C45H47ClN4O7. The fraction of sp³-hybridized carbons (Fsp3) is 0.311. The monoisotopic (exact) mass is 790 g/mol. The van der Waals surface area contributed by atoms with Gasteiger partial charge in [0, 0.05) is 6.20 Å². The summed E-state index contributed by atoms with van der Waals surface area (Å²) in [4.78, 5) is 25.0. The molecule has 1 aliphatic heterocycles. The molecule has 0 aliphatic carbocycles. The molecule has 4 aromatic carbocycles. The predicted octanol–water partition coefficient (Wildman–Crippen LogP) is 8.41. The fourth-order valence-electron chi connectivity index (χ4n) is 7.11. The average Bonchev–Trinajstić information content (AvgIpc) is 3.70. The van der Waals surface area contributed by atoms with E-state index in [1.807, 2.05) is 121 Å². The molecule has 12 heteroatoms.